The lowest BCUT2D eigenvalue weighted by Gasteiger charge is -2.07. The van der Waals surface area contributed by atoms with Crippen LogP contribution in [-0.2, 0) is 5.75 Å². The molecule has 1 aromatic carbocycles. The number of aryl methyl sites for hydroxylation is 2. The molecule has 3 rings (SSSR count). The van der Waals surface area contributed by atoms with Crippen LogP contribution in [0.5, 0.6) is 0 Å². The molecule has 0 radical (unpaired) electrons. The molecule has 2 heterocycles. The lowest BCUT2D eigenvalue weighted by atomic mass is 10.1. The van der Waals surface area contributed by atoms with Gasteiger partial charge in [-0.05, 0) is 43.7 Å². The highest BCUT2D eigenvalue weighted by molar-refractivity contribution is 7.98. The minimum Gasteiger partial charge on any atom is -0.268 e. The first kappa shape index (κ1) is 20.2. The van der Waals surface area contributed by atoms with E-state index in [0.29, 0.717) is 16.5 Å². The van der Waals surface area contributed by atoms with Crippen LogP contribution in [-0.4, -0.2) is 32.0 Å². The molecule has 0 fully saturated rings. The molecule has 10 heteroatoms. The Morgan fingerprint density at radius 2 is 1.62 bits per heavy atom. The number of hydrazine groups is 1. The predicted molar refractivity (Wildman–Crippen MR) is 107 cm³/mol. The van der Waals surface area contributed by atoms with E-state index in [1.165, 1.54) is 23.9 Å². The SMILES string of the molecule is Cc1cc(C)nc(SCc2ccc(C(=O)NNC(=O)c3ccc(=O)[nH]n3)cc2)n1. The van der Waals surface area contributed by atoms with E-state index >= 15 is 0 Å². The molecular weight excluding hydrogens is 392 g/mol. The molecular formula is C19H18N6O3S. The number of nitrogens with one attached hydrogen (secondary N) is 3. The summed E-state index contributed by atoms with van der Waals surface area (Å²) >= 11 is 1.52. The van der Waals surface area contributed by atoms with Crippen molar-refractivity contribution in [1.29, 1.82) is 0 Å². The number of nitrogens with zero attached hydrogens (tertiary/aromatic N) is 3. The van der Waals surface area contributed by atoms with Crippen LogP contribution in [0.25, 0.3) is 0 Å². The lowest BCUT2D eigenvalue weighted by molar-refractivity contribution is 0.0843. The van der Waals surface area contributed by atoms with Crippen LogP contribution in [0.1, 0.15) is 37.8 Å². The maximum atomic E-state index is 12.2. The third-order valence-electron chi connectivity index (χ3n) is 3.75. The van der Waals surface area contributed by atoms with Gasteiger partial charge >= 0.3 is 0 Å². The quantitative estimate of drug-likeness (QED) is 0.330. The van der Waals surface area contributed by atoms with Crippen molar-refractivity contribution in [1.82, 2.24) is 31.0 Å². The van der Waals surface area contributed by atoms with Crippen molar-refractivity contribution in [3.8, 4) is 0 Å². The summed E-state index contributed by atoms with van der Waals surface area (Å²) in [4.78, 5) is 43.8. The molecule has 0 saturated carbocycles. The summed E-state index contributed by atoms with van der Waals surface area (Å²) in [5, 5.41) is 6.44. The van der Waals surface area contributed by atoms with Crippen molar-refractivity contribution in [2.45, 2.75) is 24.8 Å². The average Bonchev–Trinajstić information content (AvgIpc) is 2.70. The molecule has 0 aliphatic carbocycles. The summed E-state index contributed by atoms with van der Waals surface area (Å²) in [6.45, 7) is 3.86. The fourth-order valence-electron chi connectivity index (χ4n) is 2.38. The highest BCUT2D eigenvalue weighted by Crippen LogP contribution is 2.20. The van der Waals surface area contributed by atoms with E-state index in [1.54, 1.807) is 12.1 Å². The van der Waals surface area contributed by atoms with Gasteiger partial charge in [0.05, 0.1) is 0 Å². The van der Waals surface area contributed by atoms with E-state index in [4.69, 9.17) is 0 Å². The predicted octanol–water partition coefficient (Wildman–Crippen LogP) is 1.54. The zero-order chi connectivity index (χ0) is 20.8. The molecule has 2 amide bonds. The van der Waals surface area contributed by atoms with Gasteiger partial charge in [0.25, 0.3) is 17.4 Å². The molecule has 2 aromatic heterocycles. The molecule has 0 aliphatic heterocycles. The van der Waals surface area contributed by atoms with E-state index in [2.05, 4.69) is 31.0 Å². The summed E-state index contributed by atoms with van der Waals surface area (Å²) in [6, 6.07) is 11.3. The summed E-state index contributed by atoms with van der Waals surface area (Å²) in [5.41, 5.74) is 7.35. The summed E-state index contributed by atoms with van der Waals surface area (Å²) in [5.74, 6) is -0.449. The minimum atomic E-state index is -0.643. The second-order valence-electron chi connectivity index (χ2n) is 6.13. The molecule has 29 heavy (non-hydrogen) atoms. The number of amides is 2. The standard InChI is InChI=1S/C19H18N6O3S/c1-11-9-12(2)21-19(20-11)29-10-13-3-5-14(6-4-13)17(27)24-25-18(28)15-7-8-16(26)23-22-15/h3-9H,10H2,1-2H3,(H,23,26)(H,24,27)(H,25,28). The molecule has 3 N–H and O–H groups in total. The number of H-pyrrole nitrogens is 1. The van der Waals surface area contributed by atoms with Crippen molar-refractivity contribution >= 4 is 23.6 Å². The Morgan fingerprint density at radius 1 is 0.966 bits per heavy atom. The van der Waals surface area contributed by atoms with E-state index in [9.17, 15) is 14.4 Å². The van der Waals surface area contributed by atoms with Gasteiger partial charge in [-0.1, -0.05) is 23.9 Å². The maximum Gasteiger partial charge on any atom is 0.290 e. The molecule has 0 atom stereocenters. The number of hydrogen-bond donors (Lipinski definition) is 3. The highest BCUT2D eigenvalue weighted by atomic mass is 32.2. The number of rotatable bonds is 5. The fourth-order valence-corrected chi connectivity index (χ4v) is 3.28. The van der Waals surface area contributed by atoms with Crippen molar-refractivity contribution in [2.75, 3.05) is 0 Å². The van der Waals surface area contributed by atoms with Crippen LogP contribution in [0.2, 0.25) is 0 Å². The van der Waals surface area contributed by atoms with Crippen molar-refractivity contribution in [3.63, 3.8) is 0 Å². The van der Waals surface area contributed by atoms with Gasteiger partial charge in [-0.3, -0.25) is 25.2 Å². The third-order valence-corrected chi connectivity index (χ3v) is 4.67. The molecule has 9 nitrogen and oxygen atoms in total. The number of aromatic amines is 1. The van der Waals surface area contributed by atoms with Crippen LogP contribution in [0.4, 0.5) is 0 Å². The first-order valence-corrected chi connectivity index (χ1v) is 9.60. The number of thioether (sulfide) groups is 1. The number of carbonyl (C=O) groups is 2. The molecule has 0 spiro atoms. The maximum absolute atomic E-state index is 12.2. The van der Waals surface area contributed by atoms with Crippen LogP contribution >= 0.6 is 11.8 Å². The monoisotopic (exact) mass is 410 g/mol. The van der Waals surface area contributed by atoms with Gasteiger partial charge in [-0.25, -0.2) is 15.1 Å². The van der Waals surface area contributed by atoms with Crippen LogP contribution < -0.4 is 16.4 Å². The van der Waals surface area contributed by atoms with Gasteiger partial charge in [0.1, 0.15) is 0 Å². The van der Waals surface area contributed by atoms with Crippen molar-refractivity contribution in [2.24, 2.45) is 0 Å². The Bertz CT molecular complexity index is 1060. The number of carbonyl (C=O) groups excluding carboxylic acids is 2. The second-order valence-corrected chi connectivity index (χ2v) is 7.08. The highest BCUT2D eigenvalue weighted by Gasteiger charge is 2.10. The van der Waals surface area contributed by atoms with Gasteiger partial charge < -0.3 is 0 Å². The smallest absolute Gasteiger partial charge is 0.268 e. The van der Waals surface area contributed by atoms with Gasteiger partial charge in [0, 0.05) is 28.8 Å². The molecule has 0 unspecified atom stereocenters. The third kappa shape index (κ3) is 5.72. The van der Waals surface area contributed by atoms with E-state index in [0.717, 1.165) is 17.0 Å². The van der Waals surface area contributed by atoms with Crippen LogP contribution in [0.3, 0.4) is 0 Å². The van der Waals surface area contributed by atoms with Crippen molar-refractivity contribution in [3.05, 3.63) is 81.0 Å². The van der Waals surface area contributed by atoms with Gasteiger partial charge in [-0.15, -0.1) is 0 Å². The Morgan fingerprint density at radius 3 is 2.24 bits per heavy atom. The molecule has 0 aliphatic rings. The number of aromatic nitrogens is 4. The van der Waals surface area contributed by atoms with E-state index in [1.807, 2.05) is 32.0 Å². The Kier molecular flexibility index (Phi) is 6.35. The van der Waals surface area contributed by atoms with Crippen molar-refractivity contribution < 1.29 is 9.59 Å². The minimum absolute atomic E-state index is 0.0223. The summed E-state index contributed by atoms with van der Waals surface area (Å²) < 4.78 is 0. The summed E-state index contributed by atoms with van der Waals surface area (Å²) in [6.07, 6.45) is 0. The Balaban J connectivity index is 1.53. The van der Waals surface area contributed by atoms with Crippen LogP contribution in [0, 0.1) is 13.8 Å². The normalized spacial score (nSPS) is 10.4. The Labute approximate surface area is 170 Å². The fraction of sp³-hybridized carbons (Fsp3) is 0.158. The molecule has 148 valence electrons. The zero-order valence-electron chi connectivity index (χ0n) is 15.7. The van der Waals surface area contributed by atoms with Gasteiger partial charge in [-0.2, -0.15) is 5.10 Å². The number of benzene rings is 1. The Hall–Kier alpha value is -3.53. The van der Waals surface area contributed by atoms with E-state index in [-0.39, 0.29) is 5.69 Å². The largest absolute Gasteiger partial charge is 0.290 e. The topological polar surface area (TPSA) is 130 Å². The van der Waals surface area contributed by atoms with Crippen LogP contribution in [0.15, 0.2) is 52.4 Å². The second kappa shape index (κ2) is 9.11. The average molecular weight is 410 g/mol. The molecule has 3 aromatic rings. The zero-order valence-corrected chi connectivity index (χ0v) is 16.5. The number of hydrogen-bond acceptors (Lipinski definition) is 7. The summed E-state index contributed by atoms with van der Waals surface area (Å²) in [7, 11) is 0. The molecule has 0 bridgehead atoms. The van der Waals surface area contributed by atoms with Gasteiger partial charge in [0.2, 0.25) is 0 Å². The first-order valence-electron chi connectivity index (χ1n) is 8.61. The van der Waals surface area contributed by atoms with E-state index < -0.39 is 17.4 Å². The van der Waals surface area contributed by atoms with Gasteiger partial charge in [0.15, 0.2) is 10.9 Å². The molecule has 0 saturated heterocycles. The first-order chi connectivity index (χ1) is 13.9. The lowest BCUT2D eigenvalue weighted by Crippen LogP contribution is -2.42.